The van der Waals surface area contributed by atoms with E-state index < -0.39 is 20.0 Å². The largest absolute Gasteiger partial charge is 0.756 e. The zero-order chi connectivity index (χ0) is 50.6. The number of phosphoric ester groups is 1. The average Bonchev–Trinajstić information content (AvgIpc) is 3.31. The van der Waals surface area contributed by atoms with Crippen molar-refractivity contribution in [3.8, 4) is 0 Å². The second-order valence-corrected chi connectivity index (χ2v) is 23.8. The lowest BCUT2D eigenvalue weighted by molar-refractivity contribution is -0.870. The summed E-state index contributed by atoms with van der Waals surface area (Å²) in [6.07, 6.45) is 64.5. The van der Waals surface area contributed by atoms with Gasteiger partial charge in [0, 0.05) is 6.42 Å². The molecule has 0 aromatic carbocycles. The maximum Gasteiger partial charge on any atom is 0.268 e. The zero-order valence-electron chi connectivity index (χ0n) is 47.0. The first-order valence-electron chi connectivity index (χ1n) is 30.6. The van der Waals surface area contributed by atoms with Crippen LogP contribution in [0.4, 0.5) is 0 Å². The number of carbonyl (C=O) groups excluding carboxylic acids is 1. The second-order valence-electron chi connectivity index (χ2n) is 22.4. The molecule has 0 radical (unpaired) electrons. The Labute approximate surface area is 431 Å². The van der Waals surface area contributed by atoms with E-state index in [0.29, 0.717) is 17.4 Å². The highest BCUT2D eigenvalue weighted by atomic mass is 31.2. The molecule has 3 atom stereocenters. The zero-order valence-corrected chi connectivity index (χ0v) is 47.9. The van der Waals surface area contributed by atoms with Gasteiger partial charge in [-0.15, -0.1) is 0 Å². The number of aliphatic hydroxyl groups is 1. The van der Waals surface area contributed by atoms with E-state index in [1.54, 1.807) is 6.08 Å². The summed E-state index contributed by atoms with van der Waals surface area (Å²) in [4.78, 5) is 25.5. The molecule has 0 bridgehead atoms. The summed E-state index contributed by atoms with van der Waals surface area (Å²) in [6, 6.07) is -0.882. The van der Waals surface area contributed by atoms with Crippen LogP contribution in [0.5, 0.6) is 0 Å². The minimum absolute atomic E-state index is 0.00268. The lowest BCUT2D eigenvalue weighted by atomic mass is 10.0. The van der Waals surface area contributed by atoms with Crippen molar-refractivity contribution in [2.75, 3.05) is 40.9 Å². The van der Waals surface area contributed by atoms with Crippen LogP contribution in [0, 0.1) is 0 Å². The number of unbranched alkanes of at least 4 members (excludes halogenated alkanes) is 44. The van der Waals surface area contributed by atoms with E-state index in [2.05, 4.69) is 19.2 Å². The third-order valence-electron chi connectivity index (χ3n) is 14.2. The fraction of sp³-hybridized carbons (Fsp3) is 0.950. The number of hydrogen-bond acceptors (Lipinski definition) is 6. The molecule has 0 fully saturated rings. The van der Waals surface area contributed by atoms with Crippen LogP contribution in [-0.4, -0.2) is 68.5 Å². The van der Waals surface area contributed by atoms with E-state index in [1.807, 2.05) is 27.2 Å². The molecule has 9 heteroatoms. The molecule has 0 rings (SSSR count). The normalized spacial score (nSPS) is 13.9. The molecule has 0 saturated heterocycles. The van der Waals surface area contributed by atoms with Gasteiger partial charge in [-0.05, 0) is 19.3 Å². The van der Waals surface area contributed by atoms with Gasteiger partial charge in [0.05, 0.1) is 39.9 Å². The number of phosphoric acid groups is 1. The van der Waals surface area contributed by atoms with Crippen LogP contribution < -0.4 is 10.2 Å². The van der Waals surface area contributed by atoms with Gasteiger partial charge in [-0.25, -0.2) is 0 Å². The molecule has 0 aromatic heterocycles. The summed E-state index contributed by atoms with van der Waals surface area (Å²) in [5.41, 5.74) is 0. The molecule has 3 unspecified atom stereocenters. The highest BCUT2D eigenvalue weighted by Gasteiger charge is 2.23. The minimum atomic E-state index is -4.59. The van der Waals surface area contributed by atoms with Crippen molar-refractivity contribution < 1.29 is 32.9 Å². The van der Waals surface area contributed by atoms with E-state index in [1.165, 1.54) is 257 Å². The fourth-order valence-electron chi connectivity index (χ4n) is 9.45. The Morgan fingerprint density at radius 2 is 0.783 bits per heavy atom. The molecule has 0 aliphatic carbocycles. The first-order valence-corrected chi connectivity index (χ1v) is 32.0. The molecule has 1 amide bonds. The van der Waals surface area contributed by atoms with E-state index in [4.69, 9.17) is 9.05 Å². The van der Waals surface area contributed by atoms with Gasteiger partial charge in [0.1, 0.15) is 13.2 Å². The van der Waals surface area contributed by atoms with E-state index in [-0.39, 0.29) is 19.1 Å². The Bertz CT molecular complexity index is 1130. The van der Waals surface area contributed by atoms with Gasteiger partial charge in [-0.2, -0.15) is 0 Å². The Morgan fingerprint density at radius 1 is 0.493 bits per heavy atom. The summed E-state index contributed by atoms with van der Waals surface area (Å²) in [6.45, 7) is 4.70. The highest BCUT2D eigenvalue weighted by molar-refractivity contribution is 7.45. The number of allylic oxidation sites excluding steroid dienone is 1. The summed E-state index contributed by atoms with van der Waals surface area (Å²) in [5, 5.41) is 13.9. The third kappa shape index (κ3) is 54.8. The highest BCUT2D eigenvalue weighted by Crippen LogP contribution is 2.38. The topological polar surface area (TPSA) is 108 Å². The predicted molar refractivity (Wildman–Crippen MR) is 298 cm³/mol. The van der Waals surface area contributed by atoms with Gasteiger partial charge in [0.15, 0.2) is 0 Å². The van der Waals surface area contributed by atoms with E-state index in [9.17, 15) is 19.4 Å². The molecule has 0 spiro atoms. The number of amides is 1. The summed E-state index contributed by atoms with van der Waals surface area (Å²) >= 11 is 0. The average molecular weight is 998 g/mol. The predicted octanol–water partition coefficient (Wildman–Crippen LogP) is 18.0. The summed E-state index contributed by atoms with van der Waals surface area (Å²) in [7, 11) is 1.28. The molecular weight excluding hydrogens is 876 g/mol. The molecule has 8 nitrogen and oxygen atoms in total. The molecule has 0 saturated carbocycles. The summed E-state index contributed by atoms with van der Waals surface area (Å²) < 4.78 is 23.4. The van der Waals surface area contributed by atoms with Gasteiger partial charge in [-0.1, -0.05) is 302 Å². The van der Waals surface area contributed by atoms with Gasteiger partial charge in [0.25, 0.3) is 7.82 Å². The maximum absolute atomic E-state index is 12.9. The Kier molecular flexibility index (Phi) is 51.5. The van der Waals surface area contributed by atoms with Gasteiger partial charge in [-0.3, -0.25) is 9.36 Å². The first-order chi connectivity index (χ1) is 33.5. The van der Waals surface area contributed by atoms with Crippen molar-refractivity contribution in [3.05, 3.63) is 12.2 Å². The Hall–Kier alpha value is -0.760. The van der Waals surface area contributed by atoms with Gasteiger partial charge < -0.3 is 28.8 Å². The number of nitrogens with zero attached hydrogens (tertiary/aromatic N) is 1. The van der Waals surface area contributed by atoms with Crippen LogP contribution in [0.3, 0.4) is 0 Å². The van der Waals surface area contributed by atoms with Crippen LogP contribution in [-0.2, 0) is 18.4 Å². The molecule has 69 heavy (non-hydrogen) atoms. The molecular formula is C60H121N2O6P. The standard InChI is InChI=1S/C60H121N2O6P/c1-6-8-10-12-14-16-18-20-22-24-25-26-27-28-29-30-31-32-33-34-35-36-37-38-39-41-43-45-47-49-51-53-59(63)58(57-68-69(65,66)67-56-55-62(3,4)5)61-60(64)54-52-50-48-46-44-42-40-23-21-19-17-15-13-11-9-7-2/h51,53,58-59,63H,6-50,52,54-57H2,1-5H3,(H-,61,64,65,66)/b53-51+. The van der Waals surface area contributed by atoms with Crippen molar-refractivity contribution in [1.29, 1.82) is 0 Å². The van der Waals surface area contributed by atoms with Gasteiger partial charge in [0.2, 0.25) is 5.91 Å². The van der Waals surface area contributed by atoms with Crippen LogP contribution in [0.25, 0.3) is 0 Å². The Morgan fingerprint density at radius 3 is 1.09 bits per heavy atom. The Balaban J connectivity index is 4.06. The maximum atomic E-state index is 12.9. The molecule has 0 aliphatic rings. The lowest BCUT2D eigenvalue weighted by Gasteiger charge is -2.29. The number of carbonyl (C=O) groups is 1. The minimum Gasteiger partial charge on any atom is -0.756 e. The lowest BCUT2D eigenvalue weighted by Crippen LogP contribution is -2.45. The molecule has 412 valence electrons. The molecule has 0 aromatic rings. The summed E-state index contributed by atoms with van der Waals surface area (Å²) in [5.74, 6) is -0.191. The van der Waals surface area contributed by atoms with Crippen molar-refractivity contribution in [1.82, 2.24) is 5.32 Å². The second kappa shape index (κ2) is 52.1. The van der Waals surface area contributed by atoms with Crippen molar-refractivity contribution in [2.45, 2.75) is 328 Å². The number of quaternary nitrogens is 1. The smallest absolute Gasteiger partial charge is 0.268 e. The first kappa shape index (κ1) is 68.2. The third-order valence-corrected chi connectivity index (χ3v) is 15.2. The number of hydrogen-bond donors (Lipinski definition) is 2. The number of rotatable bonds is 57. The quantitative estimate of drug-likeness (QED) is 0.0272. The molecule has 0 aliphatic heterocycles. The van der Waals surface area contributed by atoms with Crippen molar-refractivity contribution in [3.63, 3.8) is 0 Å². The van der Waals surface area contributed by atoms with E-state index in [0.717, 1.165) is 38.5 Å². The number of aliphatic hydroxyl groups excluding tert-OH is 1. The van der Waals surface area contributed by atoms with E-state index >= 15 is 0 Å². The fourth-order valence-corrected chi connectivity index (χ4v) is 10.2. The van der Waals surface area contributed by atoms with Crippen molar-refractivity contribution >= 4 is 13.7 Å². The van der Waals surface area contributed by atoms with Crippen LogP contribution in [0.1, 0.15) is 316 Å². The SMILES string of the molecule is CCCCCCCCCCCCCCCCCCCCCCCCCCCCCCC/C=C/C(O)C(COP(=O)([O-])OCC[N+](C)(C)C)NC(=O)CCCCCCCCCCCCCCCCCC. The van der Waals surface area contributed by atoms with Crippen molar-refractivity contribution in [2.24, 2.45) is 0 Å². The number of likely N-dealkylation sites (N-methyl/N-ethyl adjacent to an activating group) is 1. The van der Waals surface area contributed by atoms with Crippen LogP contribution >= 0.6 is 7.82 Å². The monoisotopic (exact) mass is 997 g/mol. The van der Waals surface area contributed by atoms with Gasteiger partial charge >= 0.3 is 0 Å². The van der Waals surface area contributed by atoms with Crippen LogP contribution in [0.2, 0.25) is 0 Å². The molecule has 2 N–H and O–H groups in total. The van der Waals surface area contributed by atoms with Crippen LogP contribution in [0.15, 0.2) is 12.2 Å². The molecule has 0 heterocycles. The number of nitrogens with one attached hydrogen (secondary N) is 1.